The topological polar surface area (TPSA) is 156 Å². The highest BCUT2D eigenvalue weighted by Gasteiger charge is 2.31. The number of ether oxygens (including phenoxy) is 1. The average Bonchev–Trinajstić information content (AvgIpc) is 3.41. The molecule has 0 aliphatic carbocycles. The molecule has 3 aromatic rings. The number of anilines is 2. The van der Waals surface area contributed by atoms with Crippen LogP contribution < -0.4 is 14.4 Å². The molecule has 12 nitrogen and oxygen atoms in total. The third-order valence-corrected chi connectivity index (χ3v) is 10.1. The minimum atomic E-state index is -4.47. The van der Waals surface area contributed by atoms with Crippen molar-refractivity contribution >= 4 is 89.5 Å². The van der Waals surface area contributed by atoms with Crippen LogP contribution in [0.1, 0.15) is 49.8 Å². The lowest BCUT2D eigenvalue weighted by atomic mass is 10.2. The number of esters is 1. The fraction of sp³-hybridized carbons (Fsp3) is 0.400. The van der Waals surface area contributed by atoms with Gasteiger partial charge in [-0.3, -0.25) is 0 Å². The second-order valence-corrected chi connectivity index (χ2v) is 14.8. The van der Waals surface area contributed by atoms with Gasteiger partial charge in [-0.2, -0.15) is 0 Å². The van der Waals surface area contributed by atoms with Gasteiger partial charge in [0.05, 0.1) is 71.9 Å². The zero-order chi connectivity index (χ0) is 34.7. The first kappa shape index (κ1) is 37.0. The minimum absolute atomic E-state index is 0.0233. The van der Waals surface area contributed by atoms with Crippen LogP contribution in [-0.2, 0) is 38.1 Å². The van der Waals surface area contributed by atoms with E-state index in [0.717, 1.165) is 5.69 Å². The standard InChI is InChI=1S/C30H35Cl3N4O8S2/c1-4-34-25-17-21(31)20(30(38)45-6-3)16-24(25)36(12-8-14-46(39,40)41)28(34)10-7-11-29-35(5-2)26-18-22(32)23(33)19-27(26)37(29)13-9-15-47(42,43)44/h7,10-11,16-19H,4-6,8-9,12-15H2,1-3H3,(H-,39,40,41,42,43,44)/p-1. The van der Waals surface area contributed by atoms with Gasteiger partial charge >= 0.3 is 5.97 Å². The Morgan fingerprint density at radius 1 is 0.872 bits per heavy atom. The van der Waals surface area contributed by atoms with Gasteiger partial charge in [-0.15, -0.1) is 0 Å². The number of aromatic nitrogens is 2. The first-order valence-corrected chi connectivity index (χ1v) is 19.1. The molecule has 0 saturated carbocycles. The number of hydrogen-bond donors (Lipinski definition) is 0. The van der Waals surface area contributed by atoms with Gasteiger partial charge in [0, 0.05) is 42.8 Å². The largest absolute Gasteiger partial charge is 0.748 e. The van der Waals surface area contributed by atoms with E-state index >= 15 is 0 Å². The summed E-state index contributed by atoms with van der Waals surface area (Å²) in [4.78, 5) is 16.5. The first-order chi connectivity index (χ1) is 22.1. The van der Waals surface area contributed by atoms with Crippen LogP contribution >= 0.6 is 34.8 Å². The molecule has 47 heavy (non-hydrogen) atoms. The summed E-state index contributed by atoms with van der Waals surface area (Å²) in [5, 5.41) is 0.844. The molecule has 0 amide bonds. The second-order valence-electron chi connectivity index (χ2n) is 10.6. The molecule has 1 aromatic heterocycles. The summed E-state index contributed by atoms with van der Waals surface area (Å²) in [6.45, 7) is 7.03. The monoisotopic (exact) mass is 747 g/mol. The van der Waals surface area contributed by atoms with Gasteiger partial charge in [-0.1, -0.05) is 40.9 Å². The SMILES string of the molecule is CCOC(=O)c1cc2c(cc1Cl)n(CC)c(C=CC=C1N(CC)c3cc(Cl)c(Cl)cc3N1CCCS(=O)(=O)[O-])[n+]2CCCS(=O)(=O)[O-]. The quantitative estimate of drug-likeness (QED) is 0.123. The molecule has 4 rings (SSSR count). The van der Waals surface area contributed by atoms with Crippen LogP contribution in [0, 0.1) is 0 Å². The van der Waals surface area contributed by atoms with Crippen LogP contribution in [0.3, 0.4) is 0 Å². The van der Waals surface area contributed by atoms with E-state index < -0.39 is 37.7 Å². The Morgan fingerprint density at radius 3 is 2.06 bits per heavy atom. The minimum Gasteiger partial charge on any atom is -0.748 e. The van der Waals surface area contributed by atoms with E-state index in [-0.39, 0.29) is 43.1 Å². The van der Waals surface area contributed by atoms with Crippen molar-refractivity contribution in [2.45, 2.75) is 46.7 Å². The number of imidazole rings is 1. The van der Waals surface area contributed by atoms with E-state index in [1.807, 2.05) is 38.9 Å². The maximum atomic E-state index is 12.7. The first-order valence-electron chi connectivity index (χ1n) is 14.8. The number of aryl methyl sites for hydroxylation is 2. The number of rotatable bonds is 14. The molecular formula is C30H34Cl3N4O8S2-. The Labute approximate surface area is 289 Å². The van der Waals surface area contributed by atoms with E-state index in [0.29, 0.717) is 51.5 Å². The van der Waals surface area contributed by atoms with E-state index in [9.17, 15) is 30.7 Å². The van der Waals surface area contributed by atoms with Gasteiger partial charge in [0.15, 0.2) is 11.0 Å². The highest BCUT2D eigenvalue weighted by molar-refractivity contribution is 7.85. The lowest BCUT2D eigenvalue weighted by molar-refractivity contribution is -0.673. The highest BCUT2D eigenvalue weighted by Crippen LogP contribution is 2.45. The molecule has 0 bridgehead atoms. The maximum absolute atomic E-state index is 12.7. The van der Waals surface area contributed by atoms with E-state index in [2.05, 4.69) is 0 Å². The van der Waals surface area contributed by atoms with E-state index in [4.69, 9.17) is 39.5 Å². The van der Waals surface area contributed by atoms with Crippen LogP contribution in [0.15, 0.2) is 42.2 Å². The lowest BCUT2D eigenvalue weighted by Gasteiger charge is -2.24. The Morgan fingerprint density at radius 2 is 1.49 bits per heavy atom. The number of fused-ring (bicyclic) bond motifs is 2. The molecule has 0 spiro atoms. The molecule has 2 aromatic carbocycles. The van der Waals surface area contributed by atoms with Crippen LogP contribution in [0.2, 0.25) is 15.1 Å². The number of halogens is 3. The summed E-state index contributed by atoms with van der Waals surface area (Å²) in [5.41, 5.74) is 2.86. The van der Waals surface area contributed by atoms with E-state index in [1.165, 1.54) is 0 Å². The molecule has 0 fully saturated rings. The number of allylic oxidation sites excluding steroid dienone is 2. The Hall–Kier alpha value is -2.85. The molecule has 0 atom stereocenters. The van der Waals surface area contributed by atoms with Crippen molar-refractivity contribution in [2.75, 3.05) is 41.0 Å². The Kier molecular flexibility index (Phi) is 11.9. The number of carbonyl (C=O) groups excluding carboxylic acids is 1. The van der Waals surface area contributed by atoms with Gasteiger partial charge in [0.2, 0.25) is 0 Å². The molecule has 0 unspecified atom stereocenters. The van der Waals surface area contributed by atoms with Crippen LogP contribution in [-0.4, -0.2) is 67.7 Å². The summed E-state index contributed by atoms with van der Waals surface area (Å²) in [5.74, 6) is -0.413. The van der Waals surface area contributed by atoms with Gasteiger partial charge in [0.25, 0.3) is 5.82 Å². The van der Waals surface area contributed by atoms with Crippen molar-refractivity contribution in [3.63, 3.8) is 0 Å². The van der Waals surface area contributed by atoms with Gasteiger partial charge < -0.3 is 23.6 Å². The fourth-order valence-corrected chi connectivity index (χ4v) is 7.12. The fourth-order valence-electron chi connectivity index (χ4n) is 5.61. The third-order valence-electron chi connectivity index (χ3n) is 7.52. The van der Waals surface area contributed by atoms with Crippen molar-refractivity contribution in [2.24, 2.45) is 0 Å². The highest BCUT2D eigenvalue weighted by atomic mass is 35.5. The molecule has 0 radical (unpaired) electrons. The van der Waals surface area contributed by atoms with Gasteiger partial charge in [-0.05, 0) is 51.8 Å². The molecule has 0 saturated heterocycles. The lowest BCUT2D eigenvalue weighted by Crippen LogP contribution is -2.37. The summed E-state index contributed by atoms with van der Waals surface area (Å²) in [7, 11) is -8.89. The summed E-state index contributed by atoms with van der Waals surface area (Å²) in [6.07, 6.45) is 5.49. The summed E-state index contributed by atoms with van der Waals surface area (Å²) < 4.78 is 77.2. The van der Waals surface area contributed by atoms with Crippen molar-refractivity contribution in [3.8, 4) is 0 Å². The van der Waals surface area contributed by atoms with Crippen molar-refractivity contribution < 1.29 is 40.0 Å². The predicted molar refractivity (Wildman–Crippen MR) is 181 cm³/mol. The van der Waals surface area contributed by atoms with Crippen LogP contribution in [0.5, 0.6) is 0 Å². The third kappa shape index (κ3) is 8.60. The maximum Gasteiger partial charge on any atom is 0.339 e. The normalized spacial score (nSPS) is 14.6. The molecule has 256 valence electrons. The van der Waals surface area contributed by atoms with Gasteiger partial charge in [-0.25, -0.2) is 30.8 Å². The molecule has 2 heterocycles. The smallest absolute Gasteiger partial charge is 0.339 e. The van der Waals surface area contributed by atoms with Crippen LogP contribution in [0.25, 0.3) is 17.1 Å². The van der Waals surface area contributed by atoms with Crippen LogP contribution in [0.4, 0.5) is 11.4 Å². The van der Waals surface area contributed by atoms with E-state index in [1.54, 1.807) is 43.3 Å². The molecule has 1 aliphatic heterocycles. The zero-order valence-corrected chi connectivity index (χ0v) is 29.8. The van der Waals surface area contributed by atoms with Crippen molar-refractivity contribution in [3.05, 3.63) is 68.7 Å². The summed E-state index contributed by atoms with van der Waals surface area (Å²) >= 11 is 19.2. The number of carbonyl (C=O) groups is 1. The molecular weight excluding hydrogens is 715 g/mol. The second kappa shape index (κ2) is 15.1. The van der Waals surface area contributed by atoms with Gasteiger partial charge in [0.1, 0.15) is 5.82 Å². The Balaban J connectivity index is 1.84. The van der Waals surface area contributed by atoms with Crippen molar-refractivity contribution in [1.29, 1.82) is 0 Å². The number of nitrogens with zero attached hydrogens (tertiary/aromatic N) is 4. The molecule has 1 aliphatic rings. The Bertz CT molecular complexity index is 1960. The van der Waals surface area contributed by atoms with Crippen molar-refractivity contribution in [1.82, 2.24) is 4.57 Å². The zero-order valence-electron chi connectivity index (χ0n) is 25.9. The molecule has 0 N–H and O–H groups in total. The predicted octanol–water partition coefficient (Wildman–Crippen LogP) is 5.16. The number of benzene rings is 2. The average molecular weight is 749 g/mol. The number of hydrogen-bond acceptors (Lipinski definition) is 10. The molecule has 17 heteroatoms. The summed E-state index contributed by atoms with van der Waals surface area (Å²) in [6, 6.07) is 6.66.